The van der Waals surface area contributed by atoms with Crippen molar-refractivity contribution in [1.29, 1.82) is 0 Å². The van der Waals surface area contributed by atoms with Gasteiger partial charge in [-0.25, -0.2) is 9.67 Å². The minimum Gasteiger partial charge on any atom is -0.497 e. The maximum absolute atomic E-state index is 12.3. The number of hydrogen-bond acceptors (Lipinski definition) is 7. The predicted octanol–water partition coefficient (Wildman–Crippen LogP) is 2.13. The fraction of sp³-hybridized carbons (Fsp3) is 0.167. The molecule has 1 saturated heterocycles. The third-order valence-electron chi connectivity index (χ3n) is 4.02. The maximum Gasteiger partial charge on any atom is 0.239 e. The van der Waals surface area contributed by atoms with Crippen molar-refractivity contribution < 1.29 is 9.53 Å². The Hall–Kier alpha value is -3.20. The number of thioether (sulfide) groups is 1. The Kier molecular flexibility index (Phi) is 4.84. The first-order valence-electron chi connectivity index (χ1n) is 8.24. The summed E-state index contributed by atoms with van der Waals surface area (Å²) < 4.78 is 6.72. The molecule has 2 heterocycles. The van der Waals surface area contributed by atoms with Gasteiger partial charge in [-0.05, 0) is 58.8 Å². The van der Waals surface area contributed by atoms with Gasteiger partial charge >= 0.3 is 0 Å². The molecule has 1 amide bonds. The first-order chi connectivity index (χ1) is 13.2. The van der Waals surface area contributed by atoms with Crippen LogP contribution in [-0.4, -0.2) is 43.6 Å². The van der Waals surface area contributed by atoms with Gasteiger partial charge < -0.3 is 10.1 Å². The molecule has 136 valence electrons. The van der Waals surface area contributed by atoms with Crippen molar-refractivity contribution in [3.8, 4) is 11.4 Å². The van der Waals surface area contributed by atoms with Crippen LogP contribution in [0.4, 0.5) is 5.69 Å². The van der Waals surface area contributed by atoms with Gasteiger partial charge in [-0.2, -0.15) is 0 Å². The average molecular weight is 380 g/mol. The first-order valence-corrected chi connectivity index (χ1v) is 9.12. The number of aliphatic imine (C=N–C) groups is 1. The van der Waals surface area contributed by atoms with E-state index in [1.807, 2.05) is 48.5 Å². The SMILES string of the molecule is COc1ccc(N=C2NC(=O)[C@H](Cc3cccc(-n4cnnn4)c3)S2)cc1. The predicted molar refractivity (Wildman–Crippen MR) is 102 cm³/mol. The Labute approximate surface area is 159 Å². The van der Waals surface area contributed by atoms with Gasteiger partial charge in [0.25, 0.3) is 0 Å². The Morgan fingerprint density at radius 2 is 2.11 bits per heavy atom. The summed E-state index contributed by atoms with van der Waals surface area (Å²) >= 11 is 1.43. The van der Waals surface area contributed by atoms with Crippen LogP contribution in [0.15, 0.2) is 59.9 Å². The van der Waals surface area contributed by atoms with Gasteiger partial charge in [0.05, 0.1) is 23.7 Å². The molecule has 3 aromatic rings. The molecule has 0 bridgehead atoms. The Bertz CT molecular complexity index is 972. The summed E-state index contributed by atoms with van der Waals surface area (Å²) in [6.45, 7) is 0. The summed E-state index contributed by atoms with van der Waals surface area (Å²) in [6, 6.07) is 15.2. The smallest absolute Gasteiger partial charge is 0.239 e. The topological polar surface area (TPSA) is 94.3 Å². The van der Waals surface area contributed by atoms with Crippen molar-refractivity contribution in [3.63, 3.8) is 0 Å². The monoisotopic (exact) mass is 380 g/mol. The zero-order valence-corrected chi connectivity index (χ0v) is 15.3. The summed E-state index contributed by atoms with van der Waals surface area (Å²) in [7, 11) is 1.62. The molecule has 1 N–H and O–H groups in total. The molecule has 0 unspecified atom stereocenters. The lowest BCUT2D eigenvalue weighted by Crippen LogP contribution is -2.26. The van der Waals surface area contributed by atoms with Gasteiger partial charge in [0, 0.05) is 0 Å². The molecule has 2 aromatic carbocycles. The van der Waals surface area contributed by atoms with E-state index in [-0.39, 0.29) is 11.2 Å². The van der Waals surface area contributed by atoms with Gasteiger partial charge in [0.1, 0.15) is 12.1 Å². The molecule has 0 spiro atoms. The fourth-order valence-corrected chi connectivity index (χ4v) is 3.71. The van der Waals surface area contributed by atoms with E-state index in [4.69, 9.17) is 4.74 Å². The van der Waals surface area contributed by atoms with Gasteiger partial charge in [-0.1, -0.05) is 23.9 Å². The lowest BCUT2D eigenvalue weighted by Gasteiger charge is -2.07. The molecule has 1 aliphatic rings. The minimum atomic E-state index is -0.230. The standard InChI is InChI=1S/C18H16N6O2S/c1-26-15-7-5-13(6-8-15)20-18-21-17(25)16(27-18)10-12-3-2-4-14(9-12)24-11-19-22-23-24/h2-9,11,16H,10H2,1H3,(H,20,21,25)/t16-/m0/s1. The first kappa shape index (κ1) is 17.2. The molecule has 1 fully saturated rings. The van der Waals surface area contributed by atoms with Gasteiger partial charge in [0.2, 0.25) is 5.91 Å². The number of ether oxygens (including phenoxy) is 1. The number of carbonyl (C=O) groups is 1. The van der Waals surface area contributed by atoms with Crippen LogP contribution in [0.3, 0.4) is 0 Å². The number of tetrazole rings is 1. The highest BCUT2D eigenvalue weighted by atomic mass is 32.2. The maximum atomic E-state index is 12.3. The number of hydrogen-bond donors (Lipinski definition) is 1. The molecule has 0 saturated carbocycles. The number of methoxy groups -OCH3 is 1. The number of amidine groups is 1. The molecule has 1 aliphatic heterocycles. The second-order valence-corrected chi connectivity index (χ2v) is 7.03. The van der Waals surface area contributed by atoms with Crippen LogP contribution < -0.4 is 10.1 Å². The Morgan fingerprint density at radius 3 is 2.85 bits per heavy atom. The lowest BCUT2D eigenvalue weighted by atomic mass is 10.1. The molecule has 27 heavy (non-hydrogen) atoms. The van der Waals surface area contributed by atoms with Crippen LogP contribution in [0.2, 0.25) is 0 Å². The third-order valence-corrected chi connectivity index (χ3v) is 5.11. The molecule has 0 aliphatic carbocycles. The van der Waals surface area contributed by atoms with E-state index in [0.29, 0.717) is 11.6 Å². The average Bonchev–Trinajstić information content (AvgIpc) is 3.33. The van der Waals surface area contributed by atoms with Crippen molar-refractivity contribution in [1.82, 2.24) is 25.5 Å². The highest BCUT2D eigenvalue weighted by Gasteiger charge is 2.30. The van der Waals surface area contributed by atoms with E-state index in [1.165, 1.54) is 18.1 Å². The highest BCUT2D eigenvalue weighted by Crippen LogP contribution is 2.27. The zero-order valence-electron chi connectivity index (χ0n) is 14.4. The van der Waals surface area contributed by atoms with E-state index >= 15 is 0 Å². The molecule has 8 nitrogen and oxygen atoms in total. The number of benzene rings is 2. The zero-order chi connectivity index (χ0) is 18.6. The summed E-state index contributed by atoms with van der Waals surface area (Å²) in [5.41, 5.74) is 2.65. The third kappa shape index (κ3) is 3.98. The number of rotatable bonds is 5. The van der Waals surface area contributed by atoms with Crippen molar-refractivity contribution >= 4 is 28.5 Å². The van der Waals surface area contributed by atoms with Crippen molar-refractivity contribution in [2.45, 2.75) is 11.7 Å². The normalized spacial score (nSPS) is 17.9. The molecular weight excluding hydrogens is 364 g/mol. The highest BCUT2D eigenvalue weighted by molar-refractivity contribution is 8.15. The van der Waals surface area contributed by atoms with Crippen molar-refractivity contribution in [2.75, 3.05) is 7.11 Å². The van der Waals surface area contributed by atoms with Crippen LogP contribution in [-0.2, 0) is 11.2 Å². The second kappa shape index (κ2) is 7.58. The van der Waals surface area contributed by atoms with E-state index in [0.717, 1.165) is 22.7 Å². The molecule has 9 heteroatoms. The summed E-state index contributed by atoms with van der Waals surface area (Å²) in [5, 5.41) is 14.4. The summed E-state index contributed by atoms with van der Waals surface area (Å²) in [4.78, 5) is 16.8. The summed E-state index contributed by atoms with van der Waals surface area (Å²) in [5.74, 6) is 0.725. The number of nitrogens with zero attached hydrogens (tertiary/aromatic N) is 5. The van der Waals surface area contributed by atoms with E-state index < -0.39 is 0 Å². The summed E-state index contributed by atoms with van der Waals surface area (Å²) in [6.07, 6.45) is 2.13. The van der Waals surface area contributed by atoms with Crippen LogP contribution in [0.25, 0.3) is 5.69 Å². The Balaban J connectivity index is 1.46. The van der Waals surface area contributed by atoms with Gasteiger partial charge in [0.15, 0.2) is 5.17 Å². The van der Waals surface area contributed by atoms with Crippen LogP contribution in [0, 0.1) is 0 Å². The van der Waals surface area contributed by atoms with Gasteiger partial charge in [-0.3, -0.25) is 4.79 Å². The van der Waals surface area contributed by atoms with Crippen molar-refractivity contribution in [2.24, 2.45) is 4.99 Å². The Morgan fingerprint density at radius 1 is 1.26 bits per heavy atom. The van der Waals surface area contributed by atoms with Crippen LogP contribution >= 0.6 is 11.8 Å². The quantitative estimate of drug-likeness (QED) is 0.729. The second-order valence-electron chi connectivity index (χ2n) is 5.84. The molecular formula is C18H16N6O2S. The number of carbonyl (C=O) groups excluding carboxylic acids is 1. The van der Waals surface area contributed by atoms with E-state index in [1.54, 1.807) is 11.8 Å². The molecule has 1 atom stereocenters. The largest absolute Gasteiger partial charge is 0.497 e. The fourth-order valence-electron chi connectivity index (χ4n) is 2.69. The lowest BCUT2D eigenvalue weighted by molar-refractivity contribution is -0.118. The van der Waals surface area contributed by atoms with Crippen LogP contribution in [0.5, 0.6) is 5.75 Å². The number of amides is 1. The van der Waals surface area contributed by atoms with E-state index in [2.05, 4.69) is 25.8 Å². The molecule has 4 rings (SSSR count). The number of aromatic nitrogens is 4. The van der Waals surface area contributed by atoms with Crippen molar-refractivity contribution in [3.05, 3.63) is 60.4 Å². The van der Waals surface area contributed by atoms with E-state index in [9.17, 15) is 4.79 Å². The minimum absolute atomic E-state index is 0.0416. The molecule has 0 radical (unpaired) electrons. The molecule has 1 aromatic heterocycles. The van der Waals surface area contributed by atoms with Crippen LogP contribution in [0.1, 0.15) is 5.56 Å². The number of nitrogens with one attached hydrogen (secondary N) is 1. The van der Waals surface area contributed by atoms with Gasteiger partial charge in [-0.15, -0.1) is 5.10 Å².